The van der Waals surface area contributed by atoms with E-state index in [1.807, 2.05) is 0 Å². The second-order valence-electron chi connectivity index (χ2n) is 5.29. The molecule has 22 heavy (non-hydrogen) atoms. The predicted octanol–water partition coefficient (Wildman–Crippen LogP) is 0.180. The minimum absolute atomic E-state index is 0.230. The highest BCUT2D eigenvalue weighted by Gasteiger charge is 2.35. The van der Waals surface area contributed by atoms with Gasteiger partial charge in [0, 0.05) is 31.9 Å². The fraction of sp³-hybridized carbons (Fsp3) is 0.467. The largest absolute Gasteiger partial charge is 0.381 e. The first-order valence-corrected chi connectivity index (χ1v) is 7.20. The van der Waals surface area contributed by atoms with Crippen molar-refractivity contribution < 1.29 is 18.7 Å². The van der Waals surface area contributed by atoms with Crippen molar-refractivity contribution in [1.82, 2.24) is 10.6 Å². The predicted molar refractivity (Wildman–Crippen MR) is 78.7 cm³/mol. The third kappa shape index (κ3) is 4.25. The summed E-state index contributed by atoms with van der Waals surface area (Å²) in [6, 6.07) is 5.25. The monoisotopic (exact) mass is 309 g/mol. The average molecular weight is 309 g/mol. The SMILES string of the molecule is NC1(C(=O)NCCNC(=O)c2ccc(F)cc2)CCOCC1. The van der Waals surface area contributed by atoms with Crippen LogP contribution >= 0.6 is 0 Å². The molecule has 1 heterocycles. The van der Waals surface area contributed by atoms with Crippen LogP contribution in [0, 0.1) is 5.82 Å². The quantitative estimate of drug-likeness (QED) is 0.676. The molecule has 0 aliphatic carbocycles. The lowest BCUT2D eigenvalue weighted by Crippen LogP contribution is -2.57. The first-order valence-electron chi connectivity index (χ1n) is 7.20. The first-order chi connectivity index (χ1) is 10.5. The van der Waals surface area contributed by atoms with Gasteiger partial charge in [0.15, 0.2) is 0 Å². The van der Waals surface area contributed by atoms with Crippen molar-refractivity contribution in [3.8, 4) is 0 Å². The minimum Gasteiger partial charge on any atom is -0.381 e. The molecule has 7 heteroatoms. The Morgan fingerprint density at radius 2 is 1.73 bits per heavy atom. The van der Waals surface area contributed by atoms with E-state index in [0.717, 1.165) is 0 Å². The molecule has 0 atom stereocenters. The fourth-order valence-electron chi connectivity index (χ4n) is 2.19. The van der Waals surface area contributed by atoms with Crippen molar-refractivity contribution >= 4 is 11.8 Å². The normalized spacial score (nSPS) is 16.8. The topological polar surface area (TPSA) is 93.5 Å². The van der Waals surface area contributed by atoms with E-state index in [1.165, 1.54) is 24.3 Å². The van der Waals surface area contributed by atoms with Crippen molar-refractivity contribution in [3.05, 3.63) is 35.6 Å². The van der Waals surface area contributed by atoms with Crippen molar-refractivity contribution in [3.63, 3.8) is 0 Å². The second kappa shape index (κ2) is 7.33. The number of carbonyl (C=O) groups is 2. The van der Waals surface area contributed by atoms with Gasteiger partial charge in [0.05, 0.1) is 5.54 Å². The zero-order valence-electron chi connectivity index (χ0n) is 12.2. The minimum atomic E-state index is -0.890. The zero-order valence-corrected chi connectivity index (χ0v) is 12.2. The lowest BCUT2D eigenvalue weighted by atomic mass is 9.90. The summed E-state index contributed by atoms with van der Waals surface area (Å²) in [5.74, 6) is -0.942. The molecule has 1 aromatic carbocycles. The molecule has 4 N–H and O–H groups in total. The number of amides is 2. The number of benzene rings is 1. The van der Waals surface area contributed by atoms with Crippen molar-refractivity contribution in [2.24, 2.45) is 5.73 Å². The molecule has 0 aromatic heterocycles. The molecule has 0 saturated carbocycles. The molecule has 0 bridgehead atoms. The summed E-state index contributed by atoms with van der Waals surface area (Å²) in [5, 5.41) is 5.36. The van der Waals surface area contributed by atoms with Crippen LogP contribution in [0.5, 0.6) is 0 Å². The van der Waals surface area contributed by atoms with E-state index >= 15 is 0 Å². The lowest BCUT2D eigenvalue weighted by Gasteiger charge is -2.31. The summed E-state index contributed by atoms with van der Waals surface area (Å²) >= 11 is 0. The molecule has 0 unspecified atom stereocenters. The molecule has 2 rings (SSSR count). The number of halogens is 1. The van der Waals surface area contributed by atoms with Gasteiger partial charge in [-0.2, -0.15) is 0 Å². The van der Waals surface area contributed by atoms with Gasteiger partial charge in [0.1, 0.15) is 5.82 Å². The Bertz CT molecular complexity index is 527. The Hall–Kier alpha value is -1.99. The van der Waals surface area contributed by atoms with Crippen LogP contribution in [0.1, 0.15) is 23.2 Å². The Kier molecular flexibility index (Phi) is 5.46. The van der Waals surface area contributed by atoms with E-state index in [-0.39, 0.29) is 24.9 Å². The molecule has 1 fully saturated rings. The molecule has 6 nitrogen and oxygen atoms in total. The third-order valence-corrected chi connectivity index (χ3v) is 3.64. The van der Waals surface area contributed by atoms with E-state index in [2.05, 4.69) is 10.6 Å². The Labute approximate surface area is 128 Å². The summed E-state index contributed by atoms with van der Waals surface area (Å²) < 4.78 is 17.9. The molecule has 1 aliphatic rings. The smallest absolute Gasteiger partial charge is 0.251 e. The van der Waals surface area contributed by atoms with Gasteiger partial charge in [-0.05, 0) is 37.1 Å². The highest BCUT2D eigenvalue weighted by atomic mass is 19.1. The van der Waals surface area contributed by atoms with Crippen LogP contribution in [0.2, 0.25) is 0 Å². The highest BCUT2D eigenvalue weighted by molar-refractivity contribution is 5.94. The van der Waals surface area contributed by atoms with Gasteiger partial charge in [0.2, 0.25) is 5.91 Å². The van der Waals surface area contributed by atoms with E-state index in [0.29, 0.717) is 31.6 Å². The Morgan fingerprint density at radius 1 is 1.14 bits per heavy atom. The summed E-state index contributed by atoms with van der Waals surface area (Å²) in [5.41, 5.74) is 5.51. The molecular formula is C15H20FN3O3. The van der Waals surface area contributed by atoms with Crippen LogP contribution in [-0.2, 0) is 9.53 Å². The molecule has 1 saturated heterocycles. The van der Waals surface area contributed by atoms with Crippen molar-refractivity contribution in [1.29, 1.82) is 0 Å². The Balaban J connectivity index is 1.71. The zero-order chi connectivity index (χ0) is 16.0. The van der Waals surface area contributed by atoms with Gasteiger partial charge in [-0.15, -0.1) is 0 Å². The number of nitrogens with two attached hydrogens (primary N) is 1. The van der Waals surface area contributed by atoms with E-state index < -0.39 is 11.4 Å². The average Bonchev–Trinajstić information content (AvgIpc) is 2.52. The van der Waals surface area contributed by atoms with Crippen LogP contribution in [-0.4, -0.2) is 43.7 Å². The van der Waals surface area contributed by atoms with Gasteiger partial charge < -0.3 is 21.1 Å². The van der Waals surface area contributed by atoms with Crippen molar-refractivity contribution in [2.45, 2.75) is 18.4 Å². The van der Waals surface area contributed by atoms with Gasteiger partial charge in [-0.1, -0.05) is 0 Å². The van der Waals surface area contributed by atoms with E-state index in [1.54, 1.807) is 0 Å². The molecule has 2 amide bonds. The number of hydrogen-bond acceptors (Lipinski definition) is 4. The van der Waals surface area contributed by atoms with Gasteiger partial charge in [-0.25, -0.2) is 4.39 Å². The number of rotatable bonds is 5. The van der Waals surface area contributed by atoms with E-state index in [4.69, 9.17) is 10.5 Å². The number of nitrogens with one attached hydrogen (secondary N) is 2. The molecule has 120 valence electrons. The summed E-state index contributed by atoms with van der Waals surface area (Å²) in [7, 11) is 0. The third-order valence-electron chi connectivity index (χ3n) is 3.64. The number of ether oxygens (including phenoxy) is 1. The first kappa shape index (κ1) is 16.4. The maximum atomic E-state index is 12.8. The standard InChI is InChI=1S/C15H20FN3O3/c16-12-3-1-11(2-4-12)13(20)18-7-8-19-14(21)15(17)5-9-22-10-6-15/h1-4H,5-10,17H2,(H,18,20)(H,19,21). The maximum Gasteiger partial charge on any atom is 0.251 e. The second-order valence-corrected chi connectivity index (χ2v) is 5.29. The lowest BCUT2D eigenvalue weighted by molar-refractivity contribution is -0.129. The summed E-state index contributed by atoms with van der Waals surface area (Å²) in [6.45, 7) is 1.51. The van der Waals surface area contributed by atoms with Crippen LogP contribution in [0.4, 0.5) is 4.39 Å². The van der Waals surface area contributed by atoms with Gasteiger partial charge >= 0.3 is 0 Å². The highest BCUT2D eigenvalue weighted by Crippen LogP contribution is 2.17. The summed E-state index contributed by atoms with van der Waals surface area (Å²) in [6.07, 6.45) is 0.974. The van der Waals surface area contributed by atoms with Crippen LogP contribution in [0.25, 0.3) is 0 Å². The maximum absolute atomic E-state index is 12.8. The molecule has 1 aromatic rings. The molecule has 1 aliphatic heterocycles. The molecular weight excluding hydrogens is 289 g/mol. The molecule has 0 radical (unpaired) electrons. The summed E-state index contributed by atoms with van der Waals surface area (Å²) in [4.78, 5) is 23.8. The Morgan fingerprint density at radius 3 is 2.36 bits per heavy atom. The van der Waals surface area contributed by atoms with Crippen LogP contribution in [0.3, 0.4) is 0 Å². The molecule has 0 spiro atoms. The van der Waals surface area contributed by atoms with Crippen LogP contribution in [0.15, 0.2) is 24.3 Å². The van der Waals surface area contributed by atoms with E-state index in [9.17, 15) is 14.0 Å². The number of hydrogen-bond donors (Lipinski definition) is 3. The van der Waals surface area contributed by atoms with Gasteiger partial charge in [-0.3, -0.25) is 9.59 Å². The van der Waals surface area contributed by atoms with Crippen molar-refractivity contribution in [2.75, 3.05) is 26.3 Å². The van der Waals surface area contributed by atoms with Crippen LogP contribution < -0.4 is 16.4 Å². The fourth-order valence-corrected chi connectivity index (χ4v) is 2.19. The van der Waals surface area contributed by atoms with Gasteiger partial charge in [0.25, 0.3) is 5.91 Å². The number of carbonyl (C=O) groups excluding carboxylic acids is 2.